The molecule has 0 bridgehead atoms. The van der Waals surface area contributed by atoms with E-state index in [2.05, 4.69) is 13.8 Å². The molecule has 2 unspecified atom stereocenters. The molecule has 2 rings (SSSR count). The average molecular weight is 302 g/mol. The lowest BCUT2D eigenvalue weighted by molar-refractivity contribution is 0.211. The number of aryl methyl sites for hydroxylation is 1. The third-order valence-electron chi connectivity index (χ3n) is 3.48. The Morgan fingerprint density at radius 1 is 1.10 bits per heavy atom. The molecular weight excluding hydrogens is 280 g/mol. The summed E-state index contributed by atoms with van der Waals surface area (Å²) in [7, 11) is 0. The van der Waals surface area contributed by atoms with Gasteiger partial charge in [0.1, 0.15) is 0 Å². The van der Waals surface area contributed by atoms with Crippen LogP contribution in [-0.2, 0) is 17.6 Å². The Kier molecular flexibility index (Phi) is 5.71. The quantitative estimate of drug-likeness (QED) is 0.731. The van der Waals surface area contributed by atoms with Gasteiger partial charge in [0.25, 0.3) is 0 Å². The number of ether oxygens (including phenoxy) is 1. The molecule has 112 valence electrons. The van der Waals surface area contributed by atoms with Crippen molar-refractivity contribution in [3.8, 4) is 5.75 Å². The van der Waals surface area contributed by atoms with E-state index in [1.54, 1.807) is 0 Å². The van der Waals surface area contributed by atoms with Crippen LogP contribution in [0.15, 0.2) is 58.3 Å². The third kappa shape index (κ3) is 4.02. The summed E-state index contributed by atoms with van der Waals surface area (Å²) in [6, 6.07) is 15.5. The number of benzene rings is 2. The van der Waals surface area contributed by atoms with Gasteiger partial charge in [-0.3, -0.25) is 0 Å². The van der Waals surface area contributed by atoms with Crippen LogP contribution in [0.1, 0.15) is 32.8 Å². The van der Waals surface area contributed by atoms with E-state index in [1.165, 1.54) is 5.56 Å². The van der Waals surface area contributed by atoms with Crippen molar-refractivity contribution >= 4 is 11.2 Å². The normalized spacial score (nSPS) is 13.7. The molecule has 0 N–H and O–H groups in total. The Morgan fingerprint density at radius 2 is 1.81 bits per heavy atom. The molecule has 0 radical (unpaired) electrons. The molecule has 0 aliphatic rings. The Hall–Kier alpha value is -1.45. The van der Waals surface area contributed by atoms with Crippen molar-refractivity contribution in [2.45, 2.75) is 49.5 Å². The number of hydrogen-bond acceptors (Lipinski definition) is 2. The predicted molar refractivity (Wildman–Crippen MR) is 87.3 cm³/mol. The van der Waals surface area contributed by atoms with Gasteiger partial charge in [-0.15, -0.1) is 0 Å². The molecule has 2 nitrogen and oxygen atoms in total. The van der Waals surface area contributed by atoms with E-state index < -0.39 is 11.2 Å². The molecule has 21 heavy (non-hydrogen) atoms. The Bertz CT molecular complexity index is 569. The van der Waals surface area contributed by atoms with Gasteiger partial charge < -0.3 is 9.29 Å². The lowest BCUT2D eigenvalue weighted by Gasteiger charge is -2.18. The monoisotopic (exact) mass is 302 g/mol. The van der Waals surface area contributed by atoms with Crippen LogP contribution in [0, 0.1) is 0 Å². The van der Waals surface area contributed by atoms with Gasteiger partial charge in [0.15, 0.2) is 10.6 Å². The van der Waals surface area contributed by atoms with Crippen molar-refractivity contribution in [2.75, 3.05) is 0 Å². The molecule has 0 amide bonds. The maximum absolute atomic E-state index is 12.8. The van der Waals surface area contributed by atoms with Crippen molar-refractivity contribution in [2.24, 2.45) is 0 Å². The molecule has 0 fully saturated rings. The maximum atomic E-state index is 12.8. The highest BCUT2D eigenvalue weighted by molar-refractivity contribution is 7.91. The summed E-state index contributed by atoms with van der Waals surface area (Å²) in [6.45, 7) is 6.21. The Labute approximate surface area is 130 Å². The van der Waals surface area contributed by atoms with Crippen LogP contribution in [0.25, 0.3) is 0 Å². The fraction of sp³-hybridized carbons (Fsp3) is 0.333. The van der Waals surface area contributed by atoms with Crippen LogP contribution >= 0.6 is 0 Å². The zero-order valence-electron chi connectivity index (χ0n) is 12.8. The summed E-state index contributed by atoms with van der Waals surface area (Å²) in [5, 5.41) is 0. The molecule has 0 saturated carbocycles. The molecule has 0 aliphatic heterocycles. The molecular formula is C18H22O2S. The van der Waals surface area contributed by atoms with Crippen LogP contribution in [0.2, 0.25) is 0 Å². The van der Waals surface area contributed by atoms with Gasteiger partial charge in [0, 0.05) is 17.2 Å². The topological polar surface area (TPSA) is 32.3 Å². The van der Waals surface area contributed by atoms with E-state index in [-0.39, 0.29) is 6.10 Å². The lowest BCUT2D eigenvalue weighted by Crippen LogP contribution is -2.13. The van der Waals surface area contributed by atoms with Crippen LogP contribution in [0.5, 0.6) is 5.75 Å². The minimum Gasteiger partial charge on any atom is -0.606 e. The average Bonchev–Trinajstić information content (AvgIpc) is 2.55. The first-order valence-corrected chi connectivity index (χ1v) is 8.57. The van der Waals surface area contributed by atoms with Crippen molar-refractivity contribution in [1.82, 2.24) is 0 Å². The first kappa shape index (κ1) is 15.9. The van der Waals surface area contributed by atoms with E-state index in [0.29, 0.717) is 0 Å². The molecule has 0 heterocycles. The number of rotatable bonds is 6. The SMILES string of the molecule is CCc1ccc(OC(C)CC)c([S+]([O-])c2ccccc2)c1. The molecule has 0 saturated heterocycles. The van der Waals surface area contributed by atoms with Gasteiger partial charge in [0.2, 0.25) is 4.90 Å². The molecule has 2 atom stereocenters. The zero-order chi connectivity index (χ0) is 15.2. The molecule has 0 aliphatic carbocycles. The van der Waals surface area contributed by atoms with Crippen LogP contribution in [-0.4, -0.2) is 10.7 Å². The summed E-state index contributed by atoms with van der Waals surface area (Å²) in [5.41, 5.74) is 1.17. The van der Waals surface area contributed by atoms with E-state index in [0.717, 1.165) is 28.4 Å². The van der Waals surface area contributed by atoms with Crippen molar-refractivity contribution < 1.29 is 9.29 Å². The summed E-state index contributed by atoms with van der Waals surface area (Å²) in [6.07, 6.45) is 1.96. The molecule has 0 aromatic heterocycles. The third-order valence-corrected chi connectivity index (χ3v) is 4.90. The summed E-state index contributed by atoms with van der Waals surface area (Å²) >= 11 is -1.21. The Balaban J connectivity index is 2.38. The van der Waals surface area contributed by atoms with Gasteiger partial charge in [-0.05, 0) is 43.5 Å². The van der Waals surface area contributed by atoms with E-state index in [4.69, 9.17) is 4.74 Å². The highest BCUT2D eigenvalue weighted by Crippen LogP contribution is 2.31. The lowest BCUT2D eigenvalue weighted by atomic mass is 10.2. The Morgan fingerprint density at radius 3 is 2.43 bits per heavy atom. The van der Waals surface area contributed by atoms with Gasteiger partial charge in [-0.2, -0.15) is 0 Å². The first-order chi connectivity index (χ1) is 10.2. The molecule has 3 heteroatoms. The highest BCUT2D eigenvalue weighted by atomic mass is 32.2. The van der Waals surface area contributed by atoms with Crippen molar-refractivity contribution in [3.63, 3.8) is 0 Å². The molecule has 2 aromatic rings. The van der Waals surface area contributed by atoms with Crippen LogP contribution < -0.4 is 4.74 Å². The van der Waals surface area contributed by atoms with E-state index in [1.807, 2.05) is 55.5 Å². The summed E-state index contributed by atoms with van der Waals surface area (Å²) in [4.78, 5) is 1.57. The fourth-order valence-electron chi connectivity index (χ4n) is 1.99. The second-order valence-corrected chi connectivity index (χ2v) is 6.50. The smallest absolute Gasteiger partial charge is 0.200 e. The predicted octanol–water partition coefficient (Wildman–Crippen LogP) is 4.59. The van der Waals surface area contributed by atoms with Crippen molar-refractivity contribution in [3.05, 3.63) is 54.1 Å². The zero-order valence-corrected chi connectivity index (χ0v) is 13.7. The van der Waals surface area contributed by atoms with Gasteiger partial charge in [-0.1, -0.05) is 38.1 Å². The van der Waals surface area contributed by atoms with Crippen molar-refractivity contribution in [1.29, 1.82) is 0 Å². The standard InChI is InChI=1S/C18H22O2S/c1-4-14(3)20-17-12-11-15(5-2)13-18(17)21(19)16-9-7-6-8-10-16/h6-14H,4-5H2,1-3H3. The van der Waals surface area contributed by atoms with E-state index >= 15 is 0 Å². The maximum Gasteiger partial charge on any atom is 0.200 e. The largest absolute Gasteiger partial charge is 0.606 e. The van der Waals surface area contributed by atoms with Gasteiger partial charge in [0.05, 0.1) is 6.10 Å². The summed E-state index contributed by atoms with van der Waals surface area (Å²) in [5.74, 6) is 0.726. The minimum atomic E-state index is -1.21. The fourth-order valence-corrected chi connectivity index (χ4v) is 3.20. The highest BCUT2D eigenvalue weighted by Gasteiger charge is 2.21. The van der Waals surface area contributed by atoms with Crippen LogP contribution in [0.3, 0.4) is 0 Å². The second kappa shape index (κ2) is 7.53. The molecule has 2 aromatic carbocycles. The minimum absolute atomic E-state index is 0.115. The van der Waals surface area contributed by atoms with Crippen LogP contribution in [0.4, 0.5) is 0 Å². The van der Waals surface area contributed by atoms with E-state index in [9.17, 15) is 4.55 Å². The second-order valence-electron chi connectivity index (χ2n) is 5.05. The first-order valence-electron chi connectivity index (χ1n) is 7.42. The van der Waals surface area contributed by atoms with Gasteiger partial charge >= 0.3 is 0 Å². The van der Waals surface area contributed by atoms with Gasteiger partial charge in [-0.25, -0.2) is 0 Å². The molecule has 0 spiro atoms. The summed E-state index contributed by atoms with van der Waals surface area (Å²) < 4.78 is 18.8. The number of hydrogen-bond donors (Lipinski definition) is 0.